The molecule has 3 heterocycles. The molecule has 0 spiro atoms. The van der Waals surface area contributed by atoms with E-state index in [1.165, 1.54) is 0 Å². The molecule has 5 nitrogen and oxygen atoms in total. The number of carbonyl (C=O) groups is 1. The highest BCUT2D eigenvalue weighted by atomic mass is 79.9. The summed E-state index contributed by atoms with van der Waals surface area (Å²) in [7, 11) is 0. The van der Waals surface area contributed by atoms with E-state index in [-0.39, 0.29) is 5.91 Å². The fraction of sp³-hybridized carbons (Fsp3) is 0.308. The zero-order chi connectivity index (χ0) is 13.9. The molecule has 20 heavy (non-hydrogen) atoms. The van der Waals surface area contributed by atoms with Crippen molar-refractivity contribution >= 4 is 38.3 Å². The summed E-state index contributed by atoms with van der Waals surface area (Å²) in [6.45, 7) is 3.04. The number of carbonyl (C=O) groups excluding carboxylic acids is 1. The standard InChI is InChI=1S/C13H13BrN4OS/c14-10-1-2-11(16-9-10)12(19)17-4-6-18(7-5-17)13-15-3-8-20-13/h1-3,8-9H,4-7H2. The zero-order valence-corrected chi connectivity index (χ0v) is 13.1. The van der Waals surface area contributed by atoms with E-state index in [1.54, 1.807) is 23.6 Å². The fourth-order valence-corrected chi connectivity index (χ4v) is 3.07. The van der Waals surface area contributed by atoms with Crippen molar-refractivity contribution in [2.75, 3.05) is 31.1 Å². The first-order chi connectivity index (χ1) is 9.74. The lowest BCUT2D eigenvalue weighted by molar-refractivity contribution is 0.0741. The van der Waals surface area contributed by atoms with E-state index in [4.69, 9.17) is 0 Å². The summed E-state index contributed by atoms with van der Waals surface area (Å²) in [4.78, 5) is 24.8. The maximum absolute atomic E-state index is 12.3. The summed E-state index contributed by atoms with van der Waals surface area (Å²) in [6.07, 6.45) is 3.46. The van der Waals surface area contributed by atoms with Crippen molar-refractivity contribution in [3.8, 4) is 0 Å². The third-order valence-electron chi connectivity index (χ3n) is 3.20. The molecule has 2 aromatic rings. The molecule has 1 fully saturated rings. The van der Waals surface area contributed by atoms with E-state index in [0.29, 0.717) is 18.8 Å². The highest BCUT2D eigenvalue weighted by Crippen LogP contribution is 2.19. The van der Waals surface area contributed by atoms with Gasteiger partial charge in [0.15, 0.2) is 5.13 Å². The van der Waals surface area contributed by atoms with Crippen molar-refractivity contribution in [2.45, 2.75) is 0 Å². The summed E-state index contributed by atoms with van der Waals surface area (Å²) in [5.41, 5.74) is 0.496. The largest absolute Gasteiger partial charge is 0.345 e. The van der Waals surface area contributed by atoms with Crippen molar-refractivity contribution in [1.82, 2.24) is 14.9 Å². The first-order valence-electron chi connectivity index (χ1n) is 6.29. The van der Waals surface area contributed by atoms with Crippen molar-refractivity contribution in [2.24, 2.45) is 0 Å². The molecule has 1 amide bonds. The molecule has 0 unspecified atom stereocenters. The molecule has 1 saturated heterocycles. The molecule has 0 bridgehead atoms. The summed E-state index contributed by atoms with van der Waals surface area (Å²) in [5, 5.41) is 3.00. The minimum absolute atomic E-state index is 0.00344. The van der Waals surface area contributed by atoms with Crippen LogP contribution in [-0.2, 0) is 0 Å². The molecule has 0 saturated carbocycles. The molecule has 0 radical (unpaired) electrons. The Kier molecular flexibility index (Phi) is 3.98. The van der Waals surface area contributed by atoms with E-state index in [0.717, 1.165) is 22.7 Å². The first-order valence-corrected chi connectivity index (χ1v) is 7.96. The van der Waals surface area contributed by atoms with Crippen LogP contribution >= 0.6 is 27.3 Å². The summed E-state index contributed by atoms with van der Waals surface area (Å²) < 4.78 is 0.877. The van der Waals surface area contributed by atoms with Gasteiger partial charge in [0.2, 0.25) is 0 Å². The monoisotopic (exact) mass is 352 g/mol. The SMILES string of the molecule is O=C(c1ccc(Br)cn1)N1CCN(c2nccs2)CC1. The zero-order valence-electron chi connectivity index (χ0n) is 10.7. The average molecular weight is 353 g/mol. The van der Waals surface area contributed by atoms with Crippen LogP contribution in [0.5, 0.6) is 0 Å². The normalized spacial score (nSPS) is 15.4. The molecule has 0 atom stereocenters. The number of hydrogen-bond donors (Lipinski definition) is 0. The smallest absolute Gasteiger partial charge is 0.272 e. The molecule has 3 rings (SSSR count). The van der Waals surface area contributed by atoms with E-state index in [2.05, 4.69) is 30.8 Å². The number of nitrogens with zero attached hydrogens (tertiary/aromatic N) is 4. The molecule has 0 aliphatic carbocycles. The van der Waals surface area contributed by atoms with Crippen molar-refractivity contribution < 1.29 is 4.79 Å². The summed E-state index contributed by atoms with van der Waals surface area (Å²) in [6, 6.07) is 3.59. The van der Waals surface area contributed by atoms with Gasteiger partial charge in [0.25, 0.3) is 5.91 Å². The number of anilines is 1. The van der Waals surface area contributed by atoms with Gasteiger partial charge in [-0.15, -0.1) is 11.3 Å². The van der Waals surface area contributed by atoms with E-state index < -0.39 is 0 Å². The highest BCUT2D eigenvalue weighted by molar-refractivity contribution is 9.10. The predicted octanol–water partition coefficient (Wildman–Crippen LogP) is 2.26. The van der Waals surface area contributed by atoms with E-state index in [9.17, 15) is 4.79 Å². The lowest BCUT2D eigenvalue weighted by Crippen LogP contribution is -2.49. The maximum atomic E-state index is 12.3. The van der Waals surface area contributed by atoms with Crippen LogP contribution in [-0.4, -0.2) is 47.0 Å². The van der Waals surface area contributed by atoms with Crippen LogP contribution in [0.15, 0.2) is 34.4 Å². The Balaban J connectivity index is 1.63. The number of aromatic nitrogens is 2. The van der Waals surface area contributed by atoms with Crippen molar-refractivity contribution in [3.63, 3.8) is 0 Å². The van der Waals surface area contributed by atoms with E-state index >= 15 is 0 Å². The number of thiazole rings is 1. The summed E-state index contributed by atoms with van der Waals surface area (Å²) >= 11 is 4.95. The molecule has 1 aliphatic heterocycles. The molecule has 2 aromatic heterocycles. The Hall–Kier alpha value is -1.47. The van der Waals surface area contributed by atoms with Gasteiger partial charge in [-0.1, -0.05) is 0 Å². The Labute approximate surface area is 129 Å². The van der Waals surface area contributed by atoms with Crippen LogP contribution in [0.1, 0.15) is 10.5 Å². The van der Waals surface area contributed by atoms with Gasteiger partial charge < -0.3 is 9.80 Å². The number of pyridine rings is 1. The Morgan fingerprint density at radius 1 is 1.20 bits per heavy atom. The topological polar surface area (TPSA) is 49.3 Å². The molecule has 104 valence electrons. The van der Waals surface area contributed by atoms with Gasteiger partial charge in [0.05, 0.1) is 0 Å². The first kappa shape index (κ1) is 13.5. The second-order valence-corrected chi connectivity index (χ2v) is 6.24. The second kappa shape index (κ2) is 5.88. The lowest BCUT2D eigenvalue weighted by atomic mass is 10.2. The summed E-state index contributed by atoms with van der Waals surface area (Å²) in [5.74, 6) is -0.00344. The number of halogens is 1. The lowest BCUT2D eigenvalue weighted by Gasteiger charge is -2.34. The average Bonchev–Trinajstić information content (AvgIpc) is 3.02. The molecular weight excluding hydrogens is 340 g/mol. The van der Waals surface area contributed by atoms with Crippen LogP contribution in [0.3, 0.4) is 0 Å². The minimum Gasteiger partial charge on any atom is -0.345 e. The minimum atomic E-state index is -0.00344. The van der Waals surface area contributed by atoms with Crippen LogP contribution in [0.4, 0.5) is 5.13 Å². The van der Waals surface area contributed by atoms with Crippen LogP contribution in [0, 0.1) is 0 Å². The van der Waals surface area contributed by atoms with Crippen LogP contribution < -0.4 is 4.90 Å². The number of rotatable bonds is 2. The molecule has 1 aliphatic rings. The van der Waals surface area contributed by atoms with Crippen molar-refractivity contribution in [3.05, 3.63) is 40.1 Å². The van der Waals surface area contributed by atoms with Gasteiger partial charge in [0, 0.05) is 48.4 Å². The molecule has 0 N–H and O–H groups in total. The van der Waals surface area contributed by atoms with Gasteiger partial charge in [-0.05, 0) is 28.1 Å². The van der Waals surface area contributed by atoms with E-state index in [1.807, 2.05) is 22.5 Å². The maximum Gasteiger partial charge on any atom is 0.272 e. The fourth-order valence-electron chi connectivity index (χ4n) is 2.14. The Morgan fingerprint density at radius 2 is 2.00 bits per heavy atom. The Morgan fingerprint density at radius 3 is 2.60 bits per heavy atom. The molecular formula is C13H13BrN4OS. The van der Waals surface area contributed by atoms with Gasteiger partial charge >= 0.3 is 0 Å². The highest BCUT2D eigenvalue weighted by Gasteiger charge is 2.23. The molecule has 0 aromatic carbocycles. The third kappa shape index (κ3) is 2.83. The van der Waals surface area contributed by atoms with Gasteiger partial charge in [-0.2, -0.15) is 0 Å². The number of amides is 1. The van der Waals surface area contributed by atoms with Gasteiger partial charge in [-0.3, -0.25) is 4.79 Å². The number of hydrogen-bond acceptors (Lipinski definition) is 5. The predicted molar refractivity (Wildman–Crippen MR) is 82.2 cm³/mol. The van der Waals surface area contributed by atoms with Gasteiger partial charge in [0.1, 0.15) is 5.69 Å². The van der Waals surface area contributed by atoms with Crippen LogP contribution in [0.25, 0.3) is 0 Å². The van der Waals surface area contributed by atoms with Gasteiger partial charge in [-0.25, -0.2) is 9.97 Å². The van der Waals surface area contributed by atoms with Crippen LogP contribution in [0.2, 0.25) is 0 Å². The third-order valence-corrected chi connectivity index (χ3v) is 4.50. The molecule has 7 heteroatoms. The van der Waals surface area contributed by atoms with Crippen molar-refractivity contribution in [1.29, 1.82) is 0 Å². The Bertz CT molecular complexity index is 579. The quantitative estimate of drug-likeness (QED) is 0.831. The second-order valence-electron chi connectivity index (χ2n) is 4.46. The number of piperazine rings is 1.